The average molecular weight is 344 g/mol. The zero-order chi connectivity index (χ0) is 18.0. The van der Waals surface area contributed by atoms with E-state index in [2.05, 4.69) is 5.32 Å². The predicted octanol–water partition coefficient (Wildman–Crippen LogP) is 2.97. The number of ether oxygens (including phenoxy) is 3. The lowest BCUT2D eigenvalue weighted by Gasteiger charge is -2.30. The first-order valence-electron chi connectivity index (χ1n) is 7.73. The van der Waals surface area contributed by atoms with Crippen molar-refractivity contribution >= 4 is 11.7 Å². The summed E-state index contributed by atoms with van der Waals surface area (Å²) in [5, 5.41) is 12.6. The topological polar surface area (TPSA) is 80.3 Å². The molecule has 7 heteroatoms. The van der Waals surface area contributed by atoms with Crippen LogP contribution >= 0.6 is 0 Å². The standard InChI is InChI=1S/C18H20N2O5/c1-23-15-6-4-5-11(17(15)25-3)9-20-10-12-7-16(24-2)14(21)8-13(12)19-18(20)22/h4-8,21H,9-10H2,1-3H3,(H,19,22). The highest BCUT2D eigenvalue weighted by atomic mass is 16.5. The zero-order valence-electron chi connectivity index (χ0n) is 14.3. The Balaban J connectivity index is 1.89. The molecule has 0 spiro atoms. The normalized spacial score (nSPS) is 13.1. The average Bonchev–Trinajstić information content (AvgIpc) is 2.61. The van der Waals surface area contributed by atoms with Crippen molar-refractivity contribution in [1.82, 2.24) is 4.90 Å². The van der Waals surface area contributed by atoms with Crippen LogP contribution in [-0.4, -0.2) is 37.4 Å². The number of hydrogen-bond donors (Lipinski definition) is 2. The zero-order valence-corrected chi connectivity index (χ0v) is 14.3. The number of nitrogens with zero attached hydrogens (tertiary/aromatic N) is 1. The number of aromatic hydroxyl groups is 1. The maximum atomic E-state index is 12.4. The largest absolute Gasteiger partial charge is 0.504 e. The molecule has 0 atom stereocenters. The van der Waals surface area contributed by atoms with Crippen LogP contribution in [0.1, 0.15) is 11.1 Å². The van der Waals surface area contributed by atoms with Crippen LogP contribution in [0.2, 0.25) is 0 Å². The van der Waals surface area contributed by atoms with Gasteiger partial charge >= 0.3 is 6.03 Å². The Hall–Kier alpha value is -3.09. The Labute approximate surface area is 145 Å². The molecule has 0 bridgehead atoms. The number of para-hydroxylation sites is 1. The highest BCUT2D eigenvalue weighted by Crippen LogP contribution is 2.37. The van der Waals surface area contributed by atoms with Gasteiger partial charge in [0.2, 0.25) is 0 Å². The molecule has 0 aliphatic carbocycles. The minimum Gasteiger partial charge on any atom is -0.504 e. The van der Waals surface area contributed by atoms with Crippen molar-refractivity contribution < 1.29 is 24.1 Å². The van der Waals surface area contributed by atoms with Gasteiger partial charge in [0.15, 0.2) is 23.0 Å². The Kier molecular flexibility index (Phi) is 4.56. The van der Waals surface area contributed by atoms with E-state index in [9.17, 15) is 9.90 Å². The number of hydrogen-bond acceptors (Lipinski definition) is 5. The fourth-order valence-corrected chi connectivity index (χ4v) is 2.90. The molecule has 2 amide bonds. The van der Waals surface area contributed by atoms with E-state index in [0.717, 1.165) is 11.1 Å². The monoisotopic (exact) mass is 344 g/mol. The van der Waals surface area contributed by atoms with E-state index >= 15 is 0 Å². The number of carbonyl (C=O) groups is 1. The Morgan fingerprint density at radius 2 is 1.88 bits per heavy atom. The molecule has 0 aromatic heterocycles. The van der Waals surface area contributed by atoms with Gasteiger partial charge in [-0.3, -0.25) is 0 Å². The second kappa shape index (κ2) is 6.80. The third-order valence-corrected chi connectivity index (χ3v) is 4.14. The van der Waals surface area contributed by atoms with Gasteiger partial charge in [0, 0.05) is 18.2 Å². The van der Waals surface area contributed by atoms with Crippen LogP contribution in [0.15, 0.2) is 30.3 Å². The SMILES string of the molecule is COc1cc2c(cc1O)NC(=O)N(Cc1cccc(OC)c1OC)C2. The lowest BCUT2D eigenvalue weighted by Crippen LogP contribution is -2.38. The molecule has 1 heterocycles. The minimum absolute atomic E-state index is 0.00975. The number of urea groups is 1. The summed E-state index contributed by atoms with van der Waals surface area (Å²) in [6.45, 7) is 0.743. The first-order valence-corrected chi connectivity index (χ1v) is 7.73. The van der Waals surface area contributed by atoms with E-state index in [0.29, 0.717) is 36.0 Å². The van der Waals surface area contributed by atoms with Gasteiger partial charge in [-0.05, 0) is 17.7 Å². The number of methoxy groups -OCH3 is 3. The summed E-state index contributed by atoms with van der Waals surface area (Å²) in [7, 11) is 4.63. The molecule has 0 radical (unpaired) electrons. The van der Waals surface area contributed by atoms with Crippen molar-refractivity contribution in [3.8, 4) is 23.0 Å². The van der Waals surface area contributed by atoms with Gasteiger partial charge in [0.05, 0.1) is 33.6 Å². The molecule has 0 saturated carbocycles. The van der Waals surface area contributed by atoms with E-state index in [1.54, 1.807) is 25.2 Å². The predicted molar refractivity (Wildman–Crippen MR) is 92.5 cm³/mol. The van der Waals surface area contributed by atoms with Crippen molar-refractivity contribution in [3.05, 3.63) is 41.5 Å². The molecule has 132 valence electrons. The summed E-state index contributed by atoms with van der Waals surface area (Å²) in [6.07, 6.45) is 0. The van der Waals surface area contributed by atoms with E-state index < -0.39 is 0 Å². The van der Waals surface area contributed by atoms with Crippen LogP contribution in [0.25, 0.3) is 0 Å². The first kappa shape index (κ1) is 16.8. The van der Waals surface area contributed by atoms with Crippen LogP contribution in [0.4, 0.5) is 10.5 Å². The lowest BCUT2D eigenvalue weighted by atomic mass is 10.1. The van der Waals surface area contributed by atoms with Gasteiger partial charge < -0.3 is 29.5 Å². The molecule has 2 aromatic carbocycles. The van der Waals surface area contributed by atoms with Gasteiger partial charge in [-0.15, -0.1) is 0 Å². The van der Waals surface area contributed by atoms with E-state index in [1.165, 1.54) is 13.2 Å². The van der Waals surface area contributed by atoms with E-state index in [-0.39, 0.29) is 11.8 Å². The summed E-state index contributed by atoms with van der Waals surface area (Å²) in [6, 6.07) is 8.52. The summed E-state index contributed by atoms with van der Waals surface area (Å²) >= 11 is 0. The van der Waals surface area contributed by atoms with Crippen molar-refractivity contribution in [2.24, 2.45) is 0 Å². The van der Waals surface area contributed by atoms with Crippen LogP contribution in [0, 0.1) is 0 Å². The highest BCUT2D eigenvalue weighted by Gasteiger charge is 2.25. The van der Waals surface area contributed by atoms with Gasteiger partial charge in [-0.1, -0.05) is 12.1 Å². The van der Waals surface area contributed by atoms with Crippen LogP contribution < -0.4 is 19.5 Å². The molecule has 3 rings (SSSR count). The number of amides is 2. The number of anilines is 1. The maximum absolute atomic E-state index is 12.4. The first-order chi connectivity index (χ1) is 12.1. The Morgan fingerprint density at radius 1 is 1.12 bits per heavy atom. The van der Waals surface area contributed by atoms with Crippen LogP contribution in [0.5, 0.6) is 23.0 Å². The molecule has 2 N–H and O–H groups in total. The highest BCUT2D eigenvalue weighted by molar-refractivity contribution is 5.93. The number of phenolic OH excluding ortho intramolecular Hbond substituents is 1. The molecule has 1 aliphatic heterocycles. The van der Waals surface area contributed by atoms with Gasteiger partial charge in [-0.2, -0.15) is 0 Å². The van der Waals surface area contributed by atoms with Crippen molar-refractivity contribution in [1.29, 1.82) is 0 Å². The maximum Gasteiger partial charge on any atom is 0.322 e. The molecule has 0 fully saturated rings. The number of fused-ring (bicyclic) bond motifs is 1. The van der Waals surface area contributed by atoms with Gasteiger partial charge in [-0.25, -0.2) is 4.79 Å². The minimum atomic E-state index is -0.248. The quantitative estimate of drug-likeness (QED) is 0.872. The lowest BCUT2D eigenvalue weighted by molar-refractivity contribution is 0.202. The second-order valence-corrected chi connectivity index (χ2v) is 5.62. The fraction of sp³-hybridized carbons (Fsp3) is 0.278. The number of nitrogens with one attached hydrogen (secondary N) is 1. The molecule has 7 nitrogen and oxygen atoms in total. The smallest absolute Gasteiger partial charge is 0.322 e. The van der Waals surface area contributed by atoms with Gasteiger partial charge in [0.25, 0.3) is 0 Å². The summed E-state index contributed by atoms with van der Waals surface area (Å²) in [5.74, 6) is 1.58. The second-order valence-electron chi connectivity index (χ2n) is 5.62. The molecule has 0 saturated heterocycles. The molecule has 25 heavy (non-hydrogen) atoms. The number of rotatable bonds is 5. The third kappa shape index (κ3) is 3.13. The molecular weight excluding hydrogens is 324 g/mol. The van der Waals surface area contributed by atoms with Crippen molar-refractivity contribution in [2.75, 3.05) is 26.6 Å². The number of benzene rings is 2. The van der Waals surface area contributed by atoms with Crippen LogP contribution in [0.3, 0.4) is 0 Å². The molecule has 1 aliphatic rings. The number of phenols is 1. The number of carbonyl (C=O) groups excluding carboxylic acids is 1. The van der Waals surface area contributed by atoms with Crippen molar-refractivity contribution in [2.45, 2.75) is 13.1 Å². The summed E-state index contributed by atoms with van der Waals surface area (Å²) < 4.78 is 15.9. The van der Waals surface area contributed by atoms with E-state index in [1.807, 2.05) is 18.2 Å². The Morgan fingerprint density at radius 3 is 2.56 bits per heavy atom. The molecule has 2 aromatic rings. The fourth-order valence-electron chi connectivity index (χ4n) is 2.90. The van der Waals surface area contributed by atoms with Crippen molar-refractivity contribution in [3.63, 3.8) is 0 Å². The third-order valence-electron chi connectivity index (χ3n) is 4.14. The van der Waals surface area contributed by atoms with Crippen LogP contribution in [-0.2, 0) is 13.1 Å². The molecule has 0 unspecified atom stereocenters. The summed E-state index contributed by atoms with van der Waals surface area (Å²) in [5.41, 5.74) is 2.28. The summed E-state index contributed by atoms with van der Waals surface area (Å²) in [4.78, 5) is 14.1. The molecular formula is C18H20N2O5. The van der Waals surface area contributed by atoms with E-state index in [4.69, 9.17) is 14.2 Å². The van der Waals surface area contributed by atoms with Gasteiger partial charge in [0.1, 0.15) is 0 Å². The Bertz CT molecular complexity index is 806.